The average Bonchev–Trinajstić information content (AvgIpc) is 3.26. The predicted octanol–water partition coefficient (Wildman–Crippen LogP) is 6.87. The van der Waals surface area contributed by atoms with Gasteiger partial charge in [-0.25, -0.2) is 14.6 Å². The Labute approximate surface area is 222 Å². The molecule has 0 atom stereocenters. The Morgan fingerprint density at radius 3 is 2.51 bits per heavy atom. The molecule has 0 fully saturated rings. The van der Waals surface area contributed by atoms with Gasteiger partial charge in [-0.1, -0.05) is 48.0 Å². The number of fused-ring (bicyclic) bond motifs is 1. The Morgan fingerprint density at radius 2 is 1.76 bits per heavy atom. The first kappa shape index (κ1) is 24.5. The summed E-state index contributed by atoms with van der Waals surface area (Å²) in [6, 6.07) is 24.2. The molecule has 0 saturated carbocycles. The van der Waals surface area contributed by atoms with Crippen LogP contribution in [0.3, 0.4) is 0 Å². The maximum Gasteiger partial charge on any atom is 0.363 e. The van der Waals surface area contributed by atoms with Gasteiger partial charge in [0.25, 0.3) is 0 Å². The van der Waals surface area contributed by atoms with Crippen molar-refractivity contribution in [2.24, 2.45) is 4.99 Å². The Morgan fingerprint density at radius 1 is 1.00 bits per heavy atom. The maximum absolute atomic E-state index is 12.7. The number of carbonyl (C=O) groups is 2. The lowest BCUT2D eigenvalue weighted by atomic mass is 10.1. The molecule has 1 aliphatic heterocycles. The van der Waals surface area contributed by atoms with Gasteiger partial charge in [-0.3, -0.25) is 0 Å². The monoisotopic (exact) mass is 555 g/mol. The van der Waals surface area contributed by atoms with E-state index in [1.165, 1.54) is 0 Å². The lowest BCUT2D eigenvalue weighted by molar-refractivity contribution is -0.129. The first-order chi connectivity index (χ1) is 17.9. The minimum absolute atomic E-state index is 0.155. The number of ether oxygens (including phenoxy) is 3. The van der Waals surface area contributed by atoms with Crippen molar-refractivity contribution >= 4 is 50.6 Å². The average molecular weight is 556 g/mol. The van der Waals surface area contributed by atoms with Gasteiger partial charge in [-0.2, -0.15) is 0 Å². The van der Waals surface area contributed by atoms with Crippen LogP contribution in [0.2, 0.25) is 0 Å². The number of rotatable bonds is 6. The van der Waals surface area contributed by atoms with Crippen LogP contribution < -0.4 is 9.47 Å². The molecule has 0 aromatic heterocycles. The molecule has 0 unspecified atom stereocenters. The van der Waals surface area contributed by atoms with Crippen LogP contribution in [-0.4, -0.2) is 24.4 Å². The number of halogens is 1. The molecule has 184 valence electrons. The minimum Gasteiger partial charge on any atom is -0.490 e. The molecule has 0 bridgehead atoms. The van der Waals surface area contributed by atoms with Gasteiger partial charge in [0.05, 0.1) is 16.6 Å². The highest BCUT2D eigenvalue weighted by atomic mass is 79.9. The summed E-state index contributed by atoms with van der Waals surface area (Å²) in [5.74, 6) is -0.197. The third-order valence-electron chi connectivity index (χ3n) is 5.73. The summed E-state index contributed by atoms with van der Waals surface area (Å²) in [6.07, 6.45) is 1.61. The smallest absolute Gasteiger partial charge is 0.363 e. The topological polar surface area (TPSA) is 74.2 Å². The van der Waals surface area contributed by atoms with Gasteiger partial charge in [-0.05, 0) is 88.6 Å². The fourth-order valence-corrected chi connectivity index (χ4v) is 4.43. The fourth-order valence-electron chi connectivity index (χ4n) is 3.89. The summed E-state index contributed by atoms with van der Waals surface area (Å²) in [5, 5.41) is 2.11. The van der Waals surface area contributed by atoms with Crippen LogP contribution in [0.5, 0.6) is 11.5 Å². The highest BCUT2D eigenvalue weighted by Crippen LogP contribution is 2.38. The van der Waals surface area contributed by atoms with E-state index in [0.29, 0.717) is 33.5 Å². The van der Waals surface area contributed by atoms with Crippen molar-refractivity contribution in [2.75, 3.05) is 6.61 Å². The molecule has 1 aliphatic rings. The van der Waals surface area contributed by atoms with Crippen LogP contribution >= 0.6 is 15.9 Å². The molecular weight excluding hydrogens is 534 g/mol. The van der Waals surface area contributed by atoms with Gasteiger partial charge >= 0.3 is 11.9 Å². The second-order valence-electron chi connectivity index (χ2n) is 8.42. The van der Waals surface area contributed by atoms with Crippen LogP contribution in [0.15, 0.2) is 94.0 Å². The van der Waals surface area contributed by atoms with E-state index in [0.717, 1.165) is 16.3 Å². The molecule has 4 aromatic rings. The van der Waals surface area contributed by atoms with Crippen molar-refractivity contribution in [3.8, 4) is 11.5 Å². The van der Waals surface area contributed by atoms with Crippen LogP contribution in [-0.2, 0) is 9.53 Å². The summed E-state index contributed by atoms with van der Waals surface area (Å²) in [5.41, 5.74) is 2.96. The Hall–Kier alpha value is -4.23. The van der Waals surface area contributed by atoms with Crippen LogP contribution in [0.1, 0.15) is 34.0 Å². The second-order valence-corrected chi connectivity index (χ2v) is 9.27. The molecule has 5 rings (SSSR count). The lowest BCUT2D eigenvalue weighted by Crippen LogP contribution is -2.10. The van der Waals surface area contributed by atoms with E-state index in [9.17, 15) is 9.59 Å². The molecule has 0 saturated heterocycles. The number of cyclic esters (lactones) is 1. The summed E-state index contributed by atoms with van der Waals surface area (Å²) in [4.78, 5) is 29.7. The molecule has 6 nitrogen and oxygen atoms in total. The minimum atomic E-state index is -0.549. The molecule has 7 heteroatoms. The summed E-state index contributed by atoms with van der Waals surface area (Å²) < 4.78 is 17.4. The van der Waals surface area contributed by atoms with Gasteiger partial charge < -0.3 is 14.2 Å². The van der Waals surface area contributed by atoms with E-state index in [4.69, 9.17) is 14.2 Å². The highest BCUT2D eigenvalue weighted by Gasteiger charge is 2.25. The molecular formula is C30H22BrNO5. The first-order valence-corrected chi connectivity index (χ1v) is 12.5. The molecule has 4 aromatic carbocycles. The maximum atomic E-state index is 12.7. The van der Waals surface area contributed by atoms with Crippen LogP contribution in [0.25, 0.3) is 16.8 Å². The highest BCUT2D eigenvalue weighted by molar-refractivity contribution is 9.10. The van der Waals surface area contributed by atoms with Crippen molar-refractivity contribution in [3.05, 3.63) is 111 Å². The number of hydrogen-bond donors (Lipinski definition) is 0. The zero-order valence-corrected chi connectivity index (χ0v) is 21.7. The standard InChI is InChI=1S/C30H22BrNO5/c1-3-35-26-16-19(14-24(31)27(26)36-29(33)21-10-8-18(2)9-11-21)15-25-30(34)37-28(32-25)23-13-12-20-6-4-5-7-22(20)17-23/h4-17H,3H2,1-2H3/b25-15-. The number of aryl methyl sites for hydroxylation is 1. The molecule has 0 spiro atoms. The van der Waals surface area contributed by atoms with Crippen molar-refractivity contribution in [2.45, 2.75) is 13.8 Å². The largest absolute Gasteiger partial charge is 0.490 e. The lowest BCUT2D eigenvalue weighted by Gasteiger charge is -2.13. The van der Waals surface area contributed by atoms with E-state index < -0.39 is 11.9 Å². The van der Waals surface area contributed by atoms with Crippen LogP contribution in [0.4, 0.5) is 0 Å². The van der Waals surface area contributed by atoms with Gasteiger partial charge in [0.1, 0.15) is 0 Å². The summed E-state index contributed by atoms with van der Waals surface area (Å²) in [6.45, 7) is 4.13. The SMILES string of the molecule is CCOc1cc(/C=C2\N=C(c3ccc4ccccc4c3)OC2=O)cc(Br)c1OC(=O)c1ccc(C)cc1. The molecule has 37 heavy (non-hydrogen) atoms. The third-order valence-corrected chi connectivity index (χ3v) is 6.32. The Kier molecular flexibility index (Phi) is 6.88. The second kappa shape index (κ2) is 10.4. The molecule has 0 N–H and O–H groups in total. The quantitative estimate of drug-likeness (QED) is 0.147. The van der Waals surface area contributed by atoms with Crippen molar-refractivity contribution in [1.82, 2.24) is 0 Å². The van der Waals surface area contributed by atoms with Gasteiger partial charge in [0.2, 0.25) is 5.90 Å². The Bertz CT molecular complexity index is 1590. The number of carbonyl (C=O) groups excluding carboxylic acids is 2. The summed E-state index contributed by atoms with van der Waals surface area (Å²) >= 11 is 3.48. The van der Waals surface area contributed by atoms with E-state index in [1.54, 1.807) is 30.3 Å². The van der Waals surface area contributed by atoms with Gasteiger partial charge in [0, 0.05) is 5.56 Å². The zero-order valence-electron chi connectivity index (χ0n) is 20.2. The molecule has 0 amide bonds. The third kappa shape index (κ3) is 5.32. The van der Waals surface area contributed by atoms with Crippen molar-refractivity contribution in [1.29, 1.82) is 0 Å². The first-order valence-electron chi connectivity index (χ1n) is 11.7. The van der Waals surface area contributed by atoms with Gasteiger partial charge in [-0.15, -0.1) is 0 Å². The molecule has 0 aliphatic carbocycles. The molecule has 1 heterocycles. The Balaban J connectivity index is 1.44. The summed E-state index contributed by atoms with van der Waals surface area (Å²) in [7, 11) is 0. The normalized spacial score (nSPS) is 14.0. The zero-order chi connectivity index (χ0) is 25.9. The number of hydrogen-bond acceptors (Lipinski definition) is 6. The van der Waals surface area contributed by atoms with Crippen molar-refractivity contribution in [3.63, 3.8) is 0 Å². The van der Waals surface area contributed by atoms with Crippen molar-refractivity contribution < 1.29 is 23.8 Å². The fraction of sp³-hybridized carbons (Fsp3) is 0.100. The van der Waals surface area contributed by atoms with E-state index in [-0.39, 0.29) is 17.3 Å². The number of benzene rings is 4. The number of esters is 2. The predicted molar refractivity (Wildman–Crippen MR) is 146 cm³/mol. The van der Waals surface area contributed by atoms with E-state index >= 15 is 0 Å². The number of nitrogens with zero attached hydrogens (tertiary/aromatic N) is 1. The number of aliphatic imine (C=N–C) groups is 1. The van der Waals surface area contributed by atoms with Gasteiger partial charge in [0.15, 0.2) is 17.2 Å². The molecule has 0 radical (unpaired) electrons. The van der Waals surface area contributed by atoms with E-state index in [1.807, 2.05) is 68.4 Å². The van der Waals surface area contributed by atoms with E-state index in [2.05, 4.69) is 20.9 Å². The van der Waals surface area contributed by atoms with Crippen LogP contribution in [0, 0.1) is 6.92 Å².